The summed E-state index contributed by atoms with van der Waals surface area (Å²) < 4.78 is 6.50. The Balaban J connectivity index is 1.64. The van der Waals surface area contributed by atoms with Gasteiger partial charge in [-0.25, -0.2) is 14.5 Å². The molecule has 0 atom stereocenters. The molecule has 2 aromatic carbocycles. The zero-order chi connectivity index (χ0) is 25.4. The van der Waals surface area contributed by atoms with Gasteiger partial charge in [-0.3, -0.25) is 13.9 Å². The number of hydrogen-bond donors (Lipinski definition) is 1. The van der Waals surface area contributed by atoms with Crippen molar-refractivity contribution in [1.82, 2.24) is 28.5 Å². The molecule has 0 aliphatic carbocycles. The summed E-state index contributed by atoms with van der Waals surface area (Å²) in [6.07, 6.45) is 3.69. The van der Waals surface area contributed by atoms with E-state index in [2.05, 4.69) is 10.3 Å². The van der Waals surface area contributed by atoms with E-state index in [1.807, 2.05) is 86.3 Å². The molecule has 3 heterocycles. The van der Waals surface area contributed by atoms with Crippen molar-refractivity contribution in [1.29, 1.82) is 0 Å². The maximum Gasteiger partial charge on any atom is 0.332 e. The molecule has 0 saturated heterocycles. The van der Waals surface area contributed by atoms with Gasteiger partial charge >= 0.3 is 5.69 Å². The number of imidazole rings is 1. The summed E-state index contributed by atoms with van der Waals surface area (Å²) in [7, 11) is 3.48. The molecule has 36 heavy (non-hydrogen) atoms. The van der Waals surface area contributed by atoms with Crippen molar-refractivity contribution in [3.05, 3.63) is 93.4 Å². The molecule has 3 aromatic heterocycles. The highest BCUT2D eigenvalue weighted by molar-refractivity contribution is 5.89. The van der Waals surface area contributed by atoms with Crippen LogP contribution in [0.25, 0.3) is 22.4 Å². The zero-order valence-corrected chi connectivity index (χ0v) is 20.8. The van der Waals surface area contributed by atoms with Gasteiger partial charge < -0.3 is 9.88 Å². The van der Waals surface area contributed by atoms with Crippen LogP contribution in [0.5, 0.6) is 0 Å². The van der Waals surface area contributed by atoms with E-state index in [1.54, 1.807) is 15.4 Å². The van der Waals surface area contributed by atoms with Crippen molar-refractivity contribution < 1.29 is 0 Å². The lowest BCUT2D eigenvalue weighted by molar-refractivity contribution is 0.498. The Labute approximate surface area is 208 Å². The van der Waals surface area contributed by atoms with Crippen LogP contribution in [0.2, 0.25) is 0 Å². The molecule has 1 N–H and O–H groups in total. The molecule has 0 fully saturated rings. The predicted molar refractivity (Wildman–Crippen MR) is 142 cm³/mol. The van der Waals surface area contributed by atoms with Gasteiger partial charge in [0.2, 0.25) is 0 Å². The lowest BCUT2D eigenvalue weighted by atomic mass is 10.1. The number of benzene rings is 2. The lowest BCUT2D eigenvalue weighted by Gasteiger charge is -2.12. The van der Waals surface area contributed by atoms with Crippen LogP contribution in [0.1, 0.15) is 19.4 Å². The second-order valence-electron chi connectivity index (χ2n) is 9.41. The van der Waals surface area contributed by atoms with E-state index in [4.69, 9.17) is 5.10 Å². The standard InChI is InChI=1S/C27H29N7O2/c1-18(2)16-33-25-22(26(35)32(4)27(33)36)24(29-21-8-6-5-7-9-21)34(30-25)17-19-10-12-20(13-11-19)23-28-14-15-31(23)3/h5-15,18,29H,16-17H2,1-4H3. The van der Waals surface area contributed by atoms with Gasteiger partial charge in [0.15, 0.2) is 5.65 Å². The summed E-state index contributed by atoms with van der Waals surface area (Å²) in [6, 6.07) is 17.8. The van der Waals surface area contributed by atoms with Crippen molar-refractivity contribution in [3.63, 3.8) is 0 Å². The normalized spacial score (nSPS) is 11.5. The van der Waals surface area contributed by atoms with Crippen molar-refractivity contribution in [2.75, 3.05) is 5.32 Å². The summed E-state index contributed by atoms with van der Waals surface area (Å²) in [5, 5.41) is 8.57. The minimum atomic E-state index is -0.371. The Morgan fingerprint density at radius 3 is 2.33 bits per heavy atom. The minimum absolute atomic E-state index is 0.206. The number of nitrogens with zero attached hydrogens (tertiary/aromatic N) is 6. The largest absolute Gasteiger partial charge is 0.340 e. The molecule has 0 unspecified atom stereocenters. The first-order chi connectivity index (χ1) is 17.3. The summed E-state index contributed by atoms with van der Waals surface area (Å²) >= 11 is 0. The number of anilines is 2. The van der Waals surface area contributed by atoms with Crippen molar-refractivity contribution in [2.24, 2.45) is 20.0 Å². The van der Waals surface area contributed by atoms with Gasteiger partial charge in [0.25, 0.3) is 5.56 Å². The Kier molecular flexibility index (Phi) is 6.05. The first kappa shape index (κ1) is 23.3. The van der Waals surface area contributed by atoms with Gasteiger partial charge in [-0.05, 0) is 23.6 Å². The lowest BCUT2D eigenvalue weighted by Crippen LogP contribution is -2.38. The molecule has 0 bridgehead atoms. The monoisotopic (exact) mass is 483 g/mol. The third-order valence-corrected chi connectivity index (χ3v) is 6.18. The summed E-state index contributed by atoms with van der Waals surface area (Å²) in [5.41, 5.74) is 2.50. The average Bonchev–Trinajstić information content (AvgIpc) is 3.45. The van der Waals surface area contributed by atoms with E-state index in [1.165, 1.54) is 7.05 Å². The zero-order valence-electron chi connectivity index (χ0n) is 20.8. The Hall–Kier alpha value is -4.40. The fourth-order valence-electron chi connectivity index (χ4n) is 4.37. The smallest absolute Gasteiger partial charge is 0.332 e. The van der Waals surface area contributed by atoms with E-state index >= 15 is 0 Å². The first-order valence-electron chi connectivity index (χ1n) is 11.9. The number of nitrogens with one attached hydrogen (secondary N) is 1. The van der Waals surface area contributed by atoms with Crippen LogP contribution in [-0.2, 0) is 27.2 Å². The number of para-hydroxylation sites is 1. The fourth-order valence-corrected chi connectivity index (χ4v) is 4.37. The number of aromatic nitrogens is 6. The van der Waals surface area contributed by atoms with E-state index < -0.39 is 0 Å². The highest BCUT2D eigenvalue weighted by atomic mass is 16.2. The van der Waals surface area contributed by atoms with Crippen LogP contribution < -0.4 is 16.6 Å². The van der Waals surface area contributed by atoms with Crippen molar-refractivity contribution in [2.45, 2.75) is 26.9 Å². The van der Waals surface area contributed by atoms with Gasteiger partial charge in [0, 0.05) is 44.3 Å². The first-order valence-corrected chi connectivity index (χ1v) is 11.9. The SMILES string of the molecule is CC(C)Cn1c(=O)n(C)c(=O)c2c(Nc3ccccc3)n(Cc3ccc(-c4nccn4C)cc3)nc21. The molecule has 9 nitrogen and oxygen atoms in total. The van der Waals surface area contributed by atoms with E-state index in [0.717, 1.165) is 27.2 Å². The molecule has 5 rings (SSSR count). The number of fused-ring (bicyclic) bond motifs is 1. The summed E-state index contributed by atoms with van der Waals surface area (Å²) in [6.45, 7) is 4.95. The minimum Gasteiger partial charge on any atom is -0.340 e. The summed E-state index contributed by atoms with van der Waals surface area (Å²) in [5.74, 6) is 1.65. The maximum absolute atomic E-state index is 13.3. The Morgan fingerprint density at radius 2 is 1.69 bits per heavy atom. The third-order valence-electron chi connectivity index (χ3n) is 6.18. The summed E-state index contributed by atoms with van der Waals surface area (Å²) in [4.78, 5) is 30.7. The molecule has 0 aliphatic heterocycles. The van der Waals surface area contributed by atoms with Gasteiger partial charge in [-0.1, -0.05) is 56.3 Å². The van der Waals surface area contributed by atoms with Crippen LogP contribution in [-0.4, -0.2) is 28.5 Å². The molecule has 0 amide bonds. The van der Waals surface area contributed by atoms with Crippen LogP contribution in [0.4, 0.5) is 11.5 Å². The molecule has 0 radical (unpaired) electrons. The van der Waals surface area contributed by atoms with E-state index in [9.17, 15) is 9.59 Å². The molecular weight excluding hydrogens is 454 g/mol. The second-order valence-corrected chi connectivity index (χ2v) is 9.41. The van der Waals surface area contributed by atoms with Gasteiger partial charge in [0.1, 0.15) is 17.0 Å². The van der Waals surface area contributed by atoms with Gasteiger partial charge in [0.05, 0.1) is 6.54 Å². The fraction of sp³-hybridized carbons (Fsp3) is 0.259. The van der Waals surface area contributed by atoms with E-state index in [-0.39, 0.29) is 17.2 Å². The van der Waals surface area contributed by atoms with Crippen LogP contribution in [0.3, 0.4) is 0 Å². The highest BCUT2D eigenvalue weighted by Crippen LogP contribution is 2.26. The predicted octanol–water partition coefficient (Wildman–Crippen LogP) is 3.75. The van der Waals surface area contributed by atoms with Crippen molar-refractivity contribution in [3.8, 4) is 11.4 Å². The third kappa shape index (κ3) is 4.24. The molecule has 184 valence electrons. The highest BCUT2D eigenvalue weighted by Gasteiger charge is 2.22. The van der Waals surface area contributed by atoms with Crippen molar-refractivity contribution >= 4 is 22.5 Å². The van der Waals surface area contributed by atoms with E-state index in [0.29, 0.717) is 29.9 Å². The Morgan fingerprint density at radius 1 is 0.972 bits per heavy atom. The number of hydrogen-bond acceptors (Lipinski definition) is 5. The molecule has 9 heteroatoms. The van der Waals surface area contributed by atoms with Gasteiger partial charge in [-0.2, -0.15) is 5.10 Å². The van der Waals surface area contributed by atoms with Crippen LogP contribution >= 0.6 is 0 Å². The second kappa shape index (κ2) is 9.33. The van der Waals surface area contributed by atoms with Crippen LogP contribution in [0.15, 0.2) is 76.6 Å². The van der Waals surface area contributed by atoms with Crippen LogP contribution in [0, 0.1) is 5.92 Å². The average molecular weight is 484 g/mol. The maximum atomic E-state index is 13.3. The number of rotatable bonds is 7. The molecule has 0 spiro atoms. The quantitative estimate of drug-likeness (QED) is 0.381. The molecule has 5 aromatic rings. The number of aryl methyl sites for hydroxylation is 1. The van der Waals surface area contributed by atoms with Gasteiger partial charge in [-0.15, -0.1) is 0 Å². The molecule has 0 aliphatic rings. The molecule has 0 saturated carbocycles. The Bertz CT molecular complexity index is 1640. The topological polar surface area (TPSA) is 91.7 Å². The molecular formula is C27H29N7O2.